The van der Waals surface area contributed by atoms with Gasteiger partial charge >= 0.3 is 37.7 Å². The molecule has 0 saturated carbocycles. The molecule has 4 nitrogen and oxygen atoms in total. The molecule has 132 valence electrons. The van der Waals surface area contributed by atoms with Gasteiger partial charge in [-0.2, -0.15) is 0 Å². The maximum absolute atomic E-state index is 10.5. The fourth-order valence-electron chi connectivity index (χ4n) is 1.93. The third-order valence-corrected chi connectivity index (χ3v) is 4.79. The van der Waals surface area contributed by atoms with E-state index in [2.05, 4.69) is 27.7 Å². The van der Waals surface area contributed by atoms with E-state index in [1.54, 1.807) is 24.3 Å². The molecule has 0 N–H and O–H groups in total. The summed E-state index contributed by atoms with van der Waals surface area (Å²) in [6.07, 6.45) is 0. The van der Waals surface area contributed by atoms with Crippen LogP contribution in [0.2, 0.25) is 0 Å². The molecule has 2 rings (SSSR count). The fourth-order valence-corrected chi connectivity index (χ4v) is 2.64. The minimum atomic E-state index is -2.10. The van der Waals surface area contributed by atoms with Crippen LogP contribution >= 0.6 is 0 Å². The number of hydrogen-bond acceptors (Lipinski definition) is 4. The van der Waals surface area contributed by atoms with Gasteiger partial charge in [-0.3, -0.25) is 8.42 Å². The summed E-state index contributed by atoms with van der Waals surface area (Å²) >= 11 is -4.20. The zero-order chi connectivity index (χ0) is 18.3. The van der Waals surface area contributed by atoms with Gasteiger partial charge in [-0.05, 0) is 69.4 Å². The van der Waals surface area contributed by atoms with E-state index in [1.807, 2.05) is 24.3 Å². The molecule has 2 atom stereocenters. The molecule has 0 radical (unpaired) electrons. The van der Waals surface area contributed by atoms with Crippen LogP contribution in [0.25, 0.3) is 0 Å². The Morgan fingerprint density at radius 2 is 0.880 bits per heavy atom. The molecule has 0 aliphatic carbocycles. The Morgan fingerprint density at radius 3 is 1.04 bits per heavy atom. The summed E-state index contributed by atoms with van der Waals surface area (Å²) in [4.78, 5) is 0.693. The van der Waals surface area contributed by atoms with Gasteiger partial charge < -0.3 is 9.11 Å². The summed E-state index contributed by atoms with van der Waals surface area (Å²) in [6, 6.07) is 13.9. The van der Waals surface area contributed by atoms with Gasteiger partial charge in [-0.15, -0.1) is 0 Å². The summed E-state index contributed by atoms with van der Waals surface area (Å²) in [6.45, 7) is 8.29. The van der Waals surface area contributed by atoms with Gasteiger partial charge in [0.15, 0.2) is 0 Å². The topological polar surface area (TPSA) is 80.3 Å². The molecule has 0 heterocycles. The second kappa shape index (κ2) is 12.3. The van der Waals surface area contributed by atoms with E-state index in [-0.39, 0.29) is 37.7 Å². The van der Waals surface area contributed by atoms with Gasteiger partial charge in [-0.1, -0.05) is 52.0 Å². The quantitative estimate of drug-likeness (QED) is 0.572. The van der Waals surface area contributed by atoms with Gasteiger partial charge in [0.1, 0.15) is 0 Å². The Bertz CT molecular complexity index is 622. The van der Waals surface area contributed by atoms with Crippen LogP contribution < -0.4 is 0 Å². The Hall–Kier alpha value is -0.0803. The first-order chi connectivity index (χ1) is 11.2. The molecule has 0 aliphatic rings. The average Bonchev–Trinajstić information content (AvgIpc) is 2.55. The summed E-state index contributed by atoms with van der Waals surface area (Å²) < 4.78 is 41.9. The predicted molar refractivity (Wildman–Crippen MR) is 101 cm³/mol. The predicted octanol–water partition coefficient (Wildman–Crippen LogP) is 3.72. The maximum atomic E-state index is 10.5. The normalized spacial score (nSPS) is 12.8. The van der Waals surface area contributed by atoms with Crippen molar-refractivity contribution in [2.75, 3.05) is 0 Å². The number of benzene rings is 2. The van der Waals surface area contributed by atoms with Crippen LogP contribution in [0.15, 0.2) is 58.3 Å². The number of rotatable bonds is 4. The van der Waals surface area contributed by atoms with Crippen LogP contribution in [0, 0.1) is 0 Å². The van der Waals surface area contributed by atoms with Gasteiger partial charge in [0, 0.05) is 9.79 Å². The first kappa shape index (κ1) is 24.9. The molecule has 0 bridgehead atoms. The molecular formula is C18H22CaO4S2. The van der Waals surface area contributed by atoms with Crippen LogP contribution in [-0.2, 0) is 22.2 Å². The third-order valence-electron chi connectivity index (χ3n) is 3.48. The molecule has 0 aromatic heterocycles. The fraction of sp³-hybridized carbons (Fsp3) is 0.333. The Kier molecular flexibility index (Phi) is 12.3. The number of hydrogen-bond donors (Lipinski definition) is 0. The SMILES string of the molecule is CC(C)c1ccc(S(=O)[O-])cc1.CC(C)c1ccc(S(=O)[O-])cc1.[Ca+2]. The molecule has 0 saturated heterocycles. The van der Waals surface area contributed by atoms with Gasteiger partial charge in [0.05, 0.1) is 0 Å². The minimum absolute atomic E-state index is 0. The molecule has 2 aromatic rings. The molecule has 2 unspecified atom stereocenters. The van der Waals surface area contributed by atoms with Crippen LogP contribution in [0.1, 0.15) is 50.7 Å². The molecule has 7 heteroatoms. The first-order valence-electron chi connectivity index (χ1n) is 7.60. The van der Waals surface area contributed by atoms with Gasteiger partial charge in [-0.25, -0.2) is 0 Å². The van der Waals surface area contributed by atoms with E-state index in [4.69, 9.17) is 0 Å². The zero-order valence-corrected chi connectivity index (χ0v) is 18.8. The third kappa shape index (κ3) is 8.91. The standard InChI is InChI=1S/2C9H12O2S.Ca/c2*1-7(2)8-3-5-9(6-4-8)12(10)11;/h2*3-7H,1-2H3,(H,10,11);/q;;+2/p-2. The van der Waals surface area contributed by atoms with Crippen molar-refractivity contribution in [3.8, 4) is 0 Å². The van der Waals surface area contributed by atoms with Crippen molar-refractivity contribution >= 4 is 59.9 Å². The van der Waals surface area contributed by atoms with Crippen molar-refractivity contribution in [3.63, 3.8) is 0 Å². The van der Waals surface area contributed by atoms with E-state index < -0.39 is 22.2 Å². The van der Waals surface area contributed by atoms with Gasteiger partial charge in [0.25, 0.3) is 0 Å². The summed E-state index contributed by atoms with van der Waals surface area (Å²) in [7, 11) is 0. The van der Waals surface area contributed by atoms with Crippen LogP contribution in [-0.4, -0.2) is 55.3 Å². The van der Waals surface area contributed by atoms with E-state index in [9.17, 15) is 17.5 Å². The smallest absolute Gasteiger partial charge is 0.768 e. The molecule has 0 amide bonds. The Morgan fingerprint density at radius 1 is 0.640 bits per heavy atom. The first-order valence-corrected chi connectivity index (χ1v) is 9.75. The second-order valence-electron chi connectivity index (χ2n) is 5.92. The van der Waals surface area contributed by atoms with Crippen LogP contribution in [0.3, 0.4) is 0 Å². The molecular weight excluding hydrogens is 384 g/mol. The van der Waals surface area contributed by atoms with Crippen molar-refractivity contribution in [2.24, 2.45) is 0 Å². The average molecular weight is 407 g/mol. The van der Waals surface area contributed by atoms with Crippen molar-refractivity contribution in [1.29, 1.82) is 0 Å². The monoisotopic (exact) mass is 406 g/mol. The van der Waals surface area contributed by atoms with Crippen molar-refractivity contribution in [3.05, 3.63) is 59.7 Å². The van der Waals surface area contributed by atoms with Crippen LogP contribution in [0.4, 0.5) is 0 Å². The van der Waals surface area contributed by atoms with E-state index in [0.717, 1.165) is 11.1 Å². The minimum Gasteiger partial charge on any atom is -0.768 e. The zero-order valence-electron chi connectivity index (χ0n) is 14.9. The second-order valence-corrected chi connectivity index (χ2v) is 7.80. The maximum Gasteiger partial charge on any atom is 2.00 e. The van der Waals surface area contributed by atoms with Crippen molar-refractivity contribution < 1.29 is 17.5 Å². The van der Waals surface area contributed by atoms with Gasteiger partial charge in [0.2, 0.25) is 0 Å². The Labute approximate surface area is 185 Å². The largest absolute Gasteiger partial charge is 2.00 e. The molecule has 25 heavy (non-hydrogen) atoms. The molecule has 0 spiro atoms. The molecule has 0 aliphatic heterocycles. The van der Waals surface area contributed by atoms with E-state index in [1.165, 1.54) is 0 Å². The molecule has 0 fully saturated rings. The van der Waals surface area contributed by atoms with E-state index in [0.29, 0.717) is 21.6 Å². The van der Waals surface area contributed by atoms with E-state index >= 15 is 0 Å². The van der Waals surface area contributed by atoms with Crippen molar-refractivity contribution in [2.45, 2.75) is 49.3 Å². The summed E-state index contributed by atoms with van der Waals surface area (Å²) in [5, 5.41) is 0. The van der Waals surface area contributed by atoms with Crippen molar-refractivity contribution in [1.82, 2.24) is 0 Å². The summed E-state index contributed by atoms with van der Waals surface area (Å²) in [5.41, 5.74) is 2.31. The molecule has 2 aromatic carbocycles. The summed E-state index contributed by atoms with van der Waals surface area (Å²) in [5.74, 6) is 0.887. The Balaban J connectivity index is 0.000000443. The van der Waals surface area contributed by atoms with Crippen LogP contribution in [0.5, 0.6) is 0 Å².